The van der Waals surface area contributed by atoms with Crippen molar-refractivity contribution in [3.05, 3.63) is 86.9 Å². The molecule has 0 heterocycles. The topological polar surface area (TPSA) is 63.7 Å². The maximum atomic E-state index is 13.4. The van der Waals surface area contributed by atoms with Crippen molar-refractivity contribution < 1.29 is 17.9 Å². The van der Waals surface area contributed by atoms with Gasteiger partial charge in [-0.2, -0.15) is 4.31 Å². The predicted octanol–water partition coefficient (Wildman–Crippen LogP) is 6.06. The first-order chi connectivity index (χ1) is 14.6. The summed E-state index contributed by atoms with van der Waals surface area (Å²) in [7, 11) is -4.25. The fourth-order valence-corrected chi connectivity index (χ4v) is 4.76. The maximum Gasteiger partial charge on any atom is 0.278 e. The molecule has 3 aromatic carbocycles. The van der Waals surface area contributed by atoms with E-state index < -0.39 is 22.5 Å². The Labute approximate surface area is 196 Å². The number of rotatable bonds is 6. The van der Waals surface area contributed by atoms with Crippen LogP contribution in [0.2, 0.25) is 15.1 Å². The molecule has 0 saturated heterocycles. The van der Waals surface area contributed by atoms with E-state index >= 15 is 0 Å². The highest BCUT2D eigenvalue weighted by atomic mass is 35.5. The van der Waals surface area contributed by atoms with Crippen molar-refractivity contribution in [2.75, 3.05) is 10.9 Å². The highest BCUT2D eigenvalue weighted by Crippen LogP contribution is 2.31. The summed E-state index contributed by atoms with van der Waals surface area (Å²) in [4.78, 5) is 13.1. The second-order valence-corrected chi connectivity index (χ2v) is 9.84. The number of nitrogens with zero attached hydrogens (tertiary/aromatic N) is 1. The molecule has 0 aliphatic rings. The van der Waals surface area contributed by atoms with Crippen molar-refractivity contribution in [1.29, 1.82) is 0 Å². The zero-order valence-electron chi connectivity index (χ0n) is 16.6. The molecule has 3 aromatic rings. The molecule has 0 radical (unpaired) electrons. The van der Waals surface area contributed by atoms with Crippen LogP contribution in [-0.4, -0.2) is 20.9 Å². The lowest BCUT2D eigenvalue weighted by Crippen LogP contribution is -2.40. The van der Waals surface area contributed by atoms with Crippen LogP contribution >= 0.6 is 34.8 Å². The van der Waals surface area contributed by atoms with Crippen molar-refractivity contribution in [3.8, 4) is 5.75 Å². The second kappa shape index (κ2) is 9.49. The minimum atomic E-state index is -4.25. The van der Waals surface area contributed by atoms with Crippen LogP contribution in [0.4, 0.5) is 5.69 Å². The van der Waals surface area contributed by atoms with Gasteiger partial charge in [-0.3, -0.25) is 4.79 Å². The first-order valence-corrected chi connectivity index (χ1v) is 11.7. The standard InChI is InChI=1S/C22H18Cl3NO4S/c1-14-3-4-15(2)20(11-14)26(31(28,29)18-8-5-16(23)6-9-18)22(27)13-30-21-12-17(24)7-10-19(21)25/h3-12H,13H2,1-2H3. The zero-order chi connectivity index (χ0) is 22.8. The third-order valence-corrected chi connectivity index (χ3v) is 6.95. The molecular weight excluding hydrogens is 481 g/mol. The summed E-state index contributed by atoms with van der Waals surface area (Å²) < 4.78 is 33.1. The SMILES string of the molecule is Cc1ccc(C)c(N(C(=O)COc2cc(Cl)ccc2Cl)S(=O)(=O)c2ccc(Cl)cc2)c1. The summed E-state index contributed by atoms with van der Waals surface area (Å²) in [5.74, 6) is -0.619. The van der Waals surface area contributed by atoms with E-state index in [1.54, 1.807) is 25.1 Å². The van der Waals surface area contributed by atoms with Crippen molar-refractivity contribution in [1.82, 2.24) is 0 Å². The number of hydrogen-bond acceptors (Lipinski definition) is 4. The average Bonchev–Trinajstić information content (AvgIpc) is 2.71. The summed E-state index contributed by atoms with van der Waals surface area (Å²) in [6.45, 7) is 2.96. The van der Waals surface area contributed by atoms with Crippen LogP contribution in [0.3, 0.4) is 0 Å². The number of benzene rings is 3. The number of anilines is 1. The maximum absolute atomic E-state index is 13.4. The van der Waals surface area contributed by atoms with Crippen molar-refractivity contribution in [2.24, 2.45) is 0 Å². The number of hydrogen-bond donors (Lipinski definition) is 0. The fraction of sp³-hybridized carbons (Fsp3) is 0.136. The normalized spacial score (nSPS) is 11.3. The molecule has 0 spiro atoms. The van der Waals surface area contributed by atoms with Gasteiger partial charge in [-0.1, -0.05) is 46.9 Å². The van der Waals surface area contributed by atoms with E-state index in [0.29, 0.717) is 15.6 Å². The molecule has 1 amide bonds. The summed E-state index contributed by atoms with van der Waals surface area (Å²) in [6, 6.07) is 15.3. The van der Waals surface area contributed by atoms with Crippen LogP contribution < -0.4 is 9.04 Å². The number of halogens is 3. The molecule has 0 atom stereocenters. The smallest absolute Gasteiger partial charge is 0.278 e. The number of carbonyl (C=O) groups is 1. The van der Waals surface area contributed by atoms with E-state index in [-0.39, 0.29) is 21.4 Å². The van der Waals surface area contributed by atoms with Crippen LogP contribution in [0.15, 0.2) is 65.6 Å². The van der Waals surface area contributed by atoms with Gasteiger partial charge in [0.25, 0.3) is 15.9 Å². The highest BCUT2D eigenvalue weighted by Gasteiger charge is 2.32. The molecule has 0 aromatic heterocycles. The van der Waals surface area contributed by atoms with Crippen LogP contribution in [0.1, 0.15) is 11.1 Å². The molecule has 9 heteroatoms. The largest absolute Gasteiger partial charge is 0.482 e. The Bertz CT molecular complexity index is 1230. The van der Waals surface area contributed by atoms with Crippen LogP contribution in [0.25, 0.3) is 0 Å². The summed E-state index contributed by atoms with van der Waals surface area (Å²) in [6.07, 6.45) is 0. The van der Waals surface area contributed by atoms with Gasteiger partial charge in [0.2, 0.25) is 0 Å². The van der Waals surface area contributed by atoms with E-state index in [1.165, 1.54) is 36.4 Å². The molecule has 0 saturated carbocycles. The van der Waals surface area contributed by atoms with Gasteiger partial charge in [0, 0.05) is 16.1 Å². The minimum absolute atomic E-state index is 0.0769. The Hall–Kier alpha value is -2.25. The highest BCUT2D eigenvalue weighted by molar-refractivity contribution is 7.93. The van der Waals surface area contributed by atoms with E-state index in [1.807, 2.05) is 13.0 Å². The lowest BCUT2D eigenvalue weighted by atomic mass is 10.1. The lowest BCUT2D eigenvalue weighted by Gasteiger charge is -2.25. The van der Waals surface area contributed by atoms with Gasteiger partial charge >= 0.3 is 0 Å². The molecule has 5 nitrogen and oxygen atoms in total. The second-order valence-electron chi connectivity index (χ2n) is 6.77. The van der Waals surface area contributed by atoms with Gasteiger partial charge in [-0.05, 0) is 67.4 Å². The van der Waals surface area contributed by atoms with Crippen molar-refractivity contribution in [2.45, 2.75) is 18.7 Å². The predicted molar refractivity (Wildman–Crippen MR) is 124 cm³/mol. The van der Waals surface area contributed by atoms with Gasteiger partial charge < -0.3 is 4.74 Å². The monoisotopic (exact) mass is 497 g/mol. The van der Waals surface area contributed by atoms with Crippen LogP contribution in [-0.2, 0) is 14.8 Å². The molecule has 0 N–H and O–H groups in total. The third kappa shape index (κ3) is 5.33. The number of sulfonamides is 1. The Balaban J connectivity index is 2.03. The lowest BCUT2D eigenvalue weighted by molar-refractivity contribution is -0.119. The molecule has 0 aliphatic carbocycles. The van der Waals surface area contributed by atoms with E-state index in [0.717, 1.165) is 9.87 Å². The zero-order valence-corrected chi connectivity index (χ0v) is 19.7. The van der Waals surface area contributed by atoms with E-state index in [2.05, 4.69) is 0 Å². The Kier molecular flexibility index (Phi) is 7.17. The first kappa shape index (κ1) is 23.4. The average molecular weight is 499 g/mol. The number of aryl methyl sites for hydroxylation is 2. The Morgan fingerprint density at radius 2 is 1.55 bits per heavy atom. The molecule has 0 unspecified atom stereocenters. The molecular formula is C22H18Cl3NO4S. The van der Waals surface area contributed by atoms with Gasteiger partial charge in [-0.15, -0.1) is 0 Å². The summed E-state index contributed by atoms with van der Waals surface area (Å²) in [5, 5.41) is 0.991. The number of amides is 1. The van der Waals surface area contributed by atoms with Gasteiger partial charge in [0.15, 0.2) is 6.61 Å². The molecule has 0 bridgehead atoms. The molecule has 3 rings (SSSR count). The minimum Gasteiger partial charge on any atom is -0.482 e. The van der Waals surface area contributed by atoms with Crippen LogP contribution in [0.5, 0.6) is 5.75 Å². The third-order valence-electron chi connectivity index (χ3n) is 4.41. The van der Waals surface area contributed by atoms with Crippen LogP contribution in [0, 0.1) is 13.8 Å². The fourth-order valence-electron chi connectivity index (χ4n) is 2.83. The van der Waals surface area contributed by atoms with Gasteiger partial charge in [0.1, 0.15) is 5.75 Å². The molecule has 0 fully saturated rings. The summed E-state index contributed by atoms with van der Waals surface area (Å²) >= 11 is 17.9. The number of carbonyl (C=O) groups excluding carboxylic acids is 1. The van der Waals surface area contributed by atoms with E-state index in [4.69, 9.17) is 39.5 Å². The van der Waals surface area contributed by atoms with Crippen molar-refractivity contribution in [3.63, 3.8) is 0 Å². The molecule has 31 heavy (non-hydrogen) atoms. The van der Waals surface area contributed by atoms with Crippen molar-refractivity contribution >= 4 is 56.4 Å². The van der Waals surface area contributed by atoms with Gasteiger partial charge in [0.05, 0.1) is 15.6 Å². The van der Waals surface area contributed by atoms with E-state index in [9.17, 15) is 13.2 Å². The molecule has 162 valence electrons. The Morgan fingerprint density at radius 3 is 2.23 bits per heavy atom. The number of ether oxygens (including phenoxy) is 1. The molecule has 0 aliphatic heterocycles. The summed E-state index contributed by atoms with van der Waals surface area (Å²) in [5.41, 5.74) is 1.64. The first-order valence-electron chi connectivity index (χ1n) is 9.08. The van der Waals surface area contributed by atoms with Gasteiger partial charge in [-0.25, -0.2) is 8.42 Å². The quantitative estimate of drug-likeness (QED) is 0.414. The Morgan fingerprint density at radius 1 is 0.903 bits per heavy atom.